The molecule has 0 bridgehead atoms. The maximum absolute atomic E-state index is 11.6. The molecule has 0 aliphatic rings. The molecule has 1 aromatic rings. The summed E-state index contributed by atoms with van der Waals surface area (Å²) in [6.07, 6.45) is -0.939. The minimum atomic E-state index is -5.10. The fourth-order valence-corrected chi connectivity index (χ4v) is 1.85. The van der Waals surface area contributed by atoms with Crippen molar-refractivity contribution in [3.63, 3.8) is 0 Å². The molecule has 0 aromatic heterocycles. The maximum Gasteiger partial charge on any atom is 1.00 e. The summed E-state index contributed by atoms with van der Waals surface area (Å²) >= 11 is 0. The zero-order chi connectivity index (χ0) is 13.9. The molecular formula is C10H9NaO7S. The van der Waals surface area contributed by atoms with Gasteiger partial charge in [0.05, 0.1) is 0 Å². The number of phenolic OH excluding ortho intramolecular Hbond substituents is 1. The molecule has 0 spiro atoms. The van der Waals surface area contributed by atoms with E-state index >= 15 is 0 Å². The Bertz CT molecular complexity index is 564. The van der Waals surface area contributed by atoms with Crippen LogP contribution in [0.1, 0.15) is 16.8 Å². The van der Waals surface area contributed by atoms with Crippen LogP contribution in [0, 0.1) is 0 Å². The number of rotatable bonds is 5. The van der Waals surface area contributed by atoms with Crippen molar-refractivity contribution in [2.75, 3.05) is 0 Å². The first kappa shape index (κ1) is 18.1. The van der Waals surface area contributed by atoms with E-state index in [1.165, 1.54) is 24.3 Å². The van der Waals surface area contributed by atoms with Crippen LogP contribution in [0.4, 0.5) is 0 Å². The molecule has 1 atom stereocenters. The second-order valence-electron chi connectivity index (χ2n) is 3.49. The summed E-state index contributed by atoms with van der Waals surface area (Å²) in [6.45, 7) is 0. The van der Waals surface area contributed by atoms with Crippen molar-refractivity contribution in [3.05, 3.63) is 29.8 Å². The van der Waals surface area contributed by atoms with Gasteiger partial charge in [0.25, 0.3) is 0 Å². The average molecular weight is 296 g/mol. The maximum atomic E-state index is 11.6. The molecule has 2 N–H and O–H groups in total. The van der Waals surface area contributed by atoms with Crippen LogP contribution in [-0.4, -0.2) is 40.2 Å². The Hall–Kier alpha value is -0.930. The van der Waals surface area contributed by atoms with Crippen molar-refractivity contribution in [3.8, 4) is 5.75 Å². The van der Waals surface area contributed by atoms with Crippen LogP contribution >= 0.6 is 0 Å². The van der Waals surface area contributed by atoms with Gasteiger partial charge in [-0.05, 0) is 24.3 Å². The third-order valence-corrected chi connectivity index (χ3v) is 3.25. The van der Waals surface area contributed by atoms with E-state index in [9.17, 15) is 22.6 Å². The molecule has 19 heavy (non-hydrogen) atoms. The average Bonchev–Trinajstić information content (AvgIpc) is 2.24. The predicted octanol–water partition coefficient (Wildman–Crippen LogP) is -3.03. The Morgan fingerprint density at radius 2 is 1.68 bits per heavy atom. The number of carboxylic acid groups (broad SMARTS) is 1. The van der Waals surface area contributed by atoms with Crippen LogP contribution in [0.15, 0.2) is 24.3 Å². The van der Waals surface area contributed by atoms with E-state index in [0.29, 0.717) is 0 Å². The SMILES string of the molecule is O=C(CC(C(=O)O)S(=O)(=O)[O-])c1ccc(O)cc1.[Na+]. The summed E-state index contributed by atoms with van der Waals surface area (Å²) in [4.78, 5) is 22.2. The number of carbonyl (C=O) groups is 2. The van der Waals surface area contributed by atoms with E-state index in [-0.39, 0.29) is 40.9 Å². The van der Waals surface area contributed by atoms with Gasteiger partial charge >= 0.3 is 35.5 Å². The van der Waals surface area contributed by atoms with Gasteiger partial charge in [0.1, 0.15) is 15.9 Å². The zero-order valence-corrected chi connectivity index (χ0v) is 12.8. The monoisotopic (exact) mass is 296 g/mol. The number of hydrogen-bond acceptors (Lipinski definition) is 6. The van der Waals surface area contributed by atoms with E-state index in [4.69, 9.17) is 10.2 Å². The number of aliphatic carboxylic acids is 1. The molecule has 1 rings (SSSR count). The van der Waals surface area contributed by atoms with Gasteiger partial charge in [-0.15, -0.1) is 0 Å². The fourth-order valence-electron chi connectivity index (χ4n) is 1.25. The number of phenols is 1. The van der Waals surface area contributed by atoms with E-state index < -0.39 is 33.5 Å². The van der Waals surface area contributed by atoms with Gasteiger partial charge in [-0.25, -0.2) is 8.42 Å². The van der Waals surface area contributed by atoms with Crippen molar-refractivity contribution in [2.45, 2.75) is 11.7 Å². The van der Waals surface area contributed by atoms with Crippen LogP contribution in [0.2, 0.25) is 0 Å². The molecule has 0 heterocycles. The summed E-state index contributed by atoms with van der Waals surface area (Å²) in [6, 6.07) is 4.78. The second kappa shape index (κ2) is 7.01. The Labute approximate surface area is 131 Å². The summed E-state index contributed by atoms with van der Waals surface area (Å²) < 4.78 is 32.0. The number of benzene rings is 1. The fraction of sp³-hybridized carbons (Fsp3) is 0.200. The van der Waals surface area contributed by atoms with Gasteiger partial charge < -0.3 is 14.8 Å². The van der Waals surface area contributed by atoms with Gasteiger partial charge in [0.2, 0.25) is 0 Å². The third-order valence-electron chi connectivity index (χ3n) is 2.18. The Balaban J connectivity index is 0.00000324. The Morgan fingerprint density at radius 1 is 1.21 bits per heavy atom. The summed E-state index contributed by atoms with van der Waals surface area (Å²) in [5.74, 6) is -2.77. The summed E-state index contributed by atoms with van der Waals surface area (Å²) in [5, 5.41) is 15.3. The van der Waals surface area contributed by atoms with Crippen molar-refractivity contribution >= 4 is 21.9 Å². The number of ketones is 1. The standard InChI is InChI=1S/C10H10O7S.Na/c11-7-3-1-6(2-4-7)8(12)5-9(10(13)14)18(15,16)17;/h1-4,9,11H,5H2,(H,13,14)(H,15,16,17);/q;+1/p-1. The Kier molecular flexibility index (Phi) is 6.67. The first-order valence-electron chi connectivity index (χ1n) is 4.71. The minimum Gasteiger partial charge on any atom is -0.747 e. The van der Waals surface area contributed by atoms with Crippen molar-refractivity contribution in [1.82, 2.24) is 0 Å². The molecule has 7 nitrogen and oxygen atoms in total. The molecule has 0 radical (unpaired) electrons. The molecule has 1 unspecified atom stereocenters. The number of carboxylic acids is 1. The molecule has 0 aliphatic carbocycles. The second-order valence-corrected chi connectivity index (χ2v) is 5.05. The predicted molar refractivity (Wildman–Crippen MR) is 58.2 cm³/mol. The number of Topliss-reactive ketones (excluding diaryl/α,β-unsaturated/α-hetero) is 1. The quantitative estimate of drug-likeness (QED) is 0.335. The molecule has 0 fully saturated rings. The molecular weight excluding hydrogens is 287 g/mol. The molecule has 98 valence electrons. The smallest absolute Gasteiger partial charge is 0.747 e. The normalized spacial score (nSPS) is 12.3. The first-order chi connectivity index (χ1) is 8.21. The van der Waals surface area contributed by atoms with Gasteiger partial charge in [-0.1, -0.05) is 0 Å². The van der Waals surface area contributed by atoms with Crippen molar-refractivity contribution < 1.29 is 62.3 Å². The molecule has 1 aromatic carbocycles. The van der Waals surface area contributed by atoms with Gasteiger partial charge in [0, 0.05) is 12.0 Å². The number of carbonyl (C=O) groups excluding carboxylic acids is 1. The number of hydrogen-bond donors (Lipinski definition) is 2. The van der Waals surface area contributed by atoms with Crippen LogP contribution in [0.5, 0.6) is 5.75 Å². The van der Waals surface area contributed by atoms with E-state index in [2.05, 4.69) is 0 Å². The van der Waals surface area contributed by atoms with Crippen molar-refractivity contribution in [1.29, 1.82) is 0 Å². The van der Waals surface area contributed by atoms with Gasteiger partial charge in [0.15, 0.2) is 11.0 Å². The third kappa shape index (κ3) is 5.29. The largest absolute Gasteiger partial charge is 1.00 e. The number of aromatic hydroxyl groups is 1. The van der Waals surface area contributed by atoms with E-state index in [1.807, 2.05) is 0 Å². The topological polar surface area (TPSA) is 132 Å². The van der Waals surface area contributed by atoms with Gasteiger partial charge in [-0.3, -0.25) is 9.59 Å². The minimum absolute atomic E-state index is 0. The van der Waals surface area contributed by atoms with Crippen LogP contribution in [0.3, 0.4) is 0 Å². The van der Waals surface area contributed by atoms with E-state index in [1.54, 1.807) is 0 Å². The first-order valence-corrected chi connectivity index (χ1v) is 6.18. The molecule has 0 saturated heterocycles. The van der Waals surface area contributed by atoms with Crippen LogP contribution < -0.4 is 29.6 Å². The zero-order valence-electron chi connectivity index (χ0n) is 9.94. The van der Waals surface area contributed by atoms with Gasteiger partial charge in [-0.2, -0.15) is 0 Å². The Morgan fingerprint density at radius 3 is 2.05 bits per heavy atom. The summed E-state index contributed by atoms with van der Waals surface area (Å²) in [7, 11) is -5.10. The van der Waals surface area contributed by atoms with Crippen LogP contribution in [0.25, 0.3) is 0 Å². The van der Waals surface area contributed by atoms with Crippen molar-refractivity contribution in [2.24, 2.45) is 0 Å². The summed E-state index contributed by atoms with van der Waals surface area (Å²) in [5.41, 5.74) is 0.0164. The van der Waals surface area contributed by atoms with E-state index in [0.717, 1.165) is 0 Å². The molecule has 0 aliphatic heterocycles. The molecule has 0 saturated carbocycles. The van der Waals surface area contributed by atoms with Crippen LogP contribution in [-0.2, 0) is 14.9 Å². The molecule has 9 heteroatoms. The molecule has 0 amide bonds.